The highest BCUT2D eigenvalue weighted by atomic mass is 16.1. The van der Waals surface area contributed by atoms with Crippen LogP contribution in [0.5, 0.6) is 0 Å². The minimum absolute atomic E-state index is 0.0272. The number of anilines is 1. The van der Waals surface area contributed by atoms with Crippen LogP contribution in [0, 0.1) is 6.92 Å². The lowest BCUT2D eigenvalue weighted by atomic mass is 9.88. The van der Waals surface area contributed by atoms with E-state index < -0.39 is 0 Å². The number of carbonyl (C=O) groups is 1. The fourth-order valence-corrected chi connectivity index (χ4v) is 2.48. The van der Waals surface area contributed by atoms with Gasteiger partial charge in [0.25, 0.3) is 0 Å². The molecule has 3 heterocycles. The van der Waals surface area contributed by atoms with Crippen molar-refractivity contribution in [3.63, 3.8) is 0 Å². The van der Waals surface area contributed by atoms with E-state index in [0.717, 1.165) is 22.6 Å². The summed E-state index contributed by atoms with van der Waals surface area (Å²) in [6.45, 7) is 2.02. The molecule has 1 atom stereocenters. The first kappa shape index (κ1) is 11.0. The fraction of sp³-hybridized carbons (Fsp3) is 0.417. The van der Waals surface area contributed by atoms with Crippen molar-refractivity contribution < 1.29 is 4.79 Å². The summed E-state index contributed by atoms with van der Waals surface area (Å²) in [7, 11) is 3.74. The molecule has 0 saturated heterocycles. The van der Waals surface area contributed by atoms with Crippen molar-refractivity contribution in [1.82, 2.24) is 19.6 Å². The monoisotopic (exact) mass is 245 g/mol. The van der Waals surface area contributed by atoms with E-state index in [9.17, 15) is 4.79 Å². The molecule has 2 aromatic heterocycles. The zero-order valence-electron chi connectivity index (χ0n) is 10.6. The number of nitrogens with zero attached hydrogens (tertiary/aromatic N) is 4. The molecule has 1 aliphatic heterocycles. The molecule has 1 aliphatic rings. The van der Waals surface area contributed by atoms with Crippen LogP contribution in [-0.2, 0) is 18.9 Å². The van der Waals surface area contributed by atoms with E-state index in [1.165, 1.54) is 0 Å². The molecule has 1 amide bonds. The van der Waals surface area contributed by atoms with E-state index in [2.05, 4.69) is 15.5 Å². The molecule has 0 aromatic carbocycles. The lowest BCUT2D eigenvalue weighted by molar-refractivity contribution is -0.116. The minimum Gasteiger partial charge on any atom is -0.311 e. The zero-order valence-corrected chi connectivity index (χ0v) is 10.6. The summed E-state index contributed by atoms with van der Waals surface area (Å²) in [6, 6.07) is 0. The molecule has 1 N–H and O–H groups in total. The lowest BCUT2D eigenvalue weighted by Crippen LogP contribution is -2.24. The maximum absolute atomic E-state index is 11.8. The fourth-order valence-electron chi connectivity index (χ4n) is 2.48. The van der Waals surface area contributed by atoms with Crippen LogP contribution in [0.1, 0.15) is 29.2 Å². The highest BCUT2D eigenvalue weighted by Crippen LogP contribution is 2.37. The van der Waals surface area contributed by atoms with Crippen molar-refractivity contribution in [2.45, 2.75) is 19.3 Å². The number of aromatic nitrogens is 4. The van der Waals surface area contributed by atoms with Gasteiger partial charge < -0.3 is 5.32 Å². The van der Waals surface area contributed by atoms with Crippen LogP contribution in [-0.4, -0.2) is 25.5 Å². The van der Waals surface area contributed by atoms with E-state index >= 15 is 0 Å². The summed E-state index contributed by atoms with van der Waals surface area (Å²) in [6.07, 6.45) is 4.12. The molecule has 0 bridgehead atoms. The SMILES string of the molecule is Cc1c([C@@H]2CC(=O)Nc3c2cnn3C)cnn1C. The first-order valence-electron chi connectivity index (χ1n) is 5.88. The predicted octanol–water partition coefficient (Wildman–Crippen LogP) is 0.936. The van der Waals surface area contributed by atoms with Gasteiger partial charge in [-0.3, -0.25) is 14.2 Å². The molecule has 0 aliphatic carbocycles. The molecular formula is C12H15N5O. The largest absolute Gasteiger partial charge is 0.311 e. The quantitative estimate of drug-likeness (QED) is 0.813. The number of aryl methyl sites for hydroxylation is 2. The molecule has 3 rings (SSSR count). The summed E-state index contributed by atoms with van der Waals surface area (Å²) in [5.41, 5.74) is 3.25. The third kappa shape index (κ3) is 1.45. The van der Waals surface area contributed by atoms with Gasteiger partial charge >= 0.3 is 0 Å². The zero-order chi connectivity index (χ0) is 12.9. The number of hydrogen-bond donors (Lipinski definition) is 1. The van der Waals surface area contributed by atoms with Gasteiger partial charge in [-0.25, -0.2) is 0 Å². The average molecular weight is 245 g/mol. The second-order valence-corrected chi connectivity index (χ2v) is 4.69. The predicted molar refractivity (Wildman–Crippen MR) is 66.2 cm³/mol. The summed E-state index contributed by atoms with van der Waals surface area (Å²) in [5.74, 6) is 0.870. The number of amides is 1. The Bertz CT molecular complexity index is 624. The standard InChI is InChI=1S/C12H15N5O/c1-7-9(5-13-16(7)2)8-4-11(18)15-12-10(8)6-14-17(12)3/h5-6,8H,4H2,1-3H3,(H,15,18)/t8-/m0/s1. The lowest BCUT2D eigenvalue weighted by Gasteiger charge is -2.22. The van der Waals surface area contributed by atoms with Crippen LogP contribution in [0.15, 0.2) is 12.4 Å². The van der Waals surface area contributed by atoms with Gasteiger partial charge in [0.2, 0.25) is 5.91 Å². The normalized spacial score (nSPS) is 18.6. The van der Waals surface area contributed by atoms with Gasteiger partial charge in [-0.15, -0.1) is 0 Å². The Kier molecular flexibility index (Phi) is 2.26. The molecule has 0 radical (unpaired) electrons. The van der Waals surface area contributed by atoms with E-state index in [4.69, 9.17) is 0 Å². The summed E-state index contributed by atoms with van der Waals surface area (Å²) < 4.78 is 3.53. The van der Waals surface area contributed by atoms with Gasteiger partial charge in [0, 0.05) is 43.3 Å². The molecule has 0 saturated carbocycles. The Labute approximate surface area is 105 Å². The Morgan fingerprint density at radius 3 is 2.56 bits per heavy atom. The van der Waals surface area contributed by atoms with Crippen LogP contribution in [0.25, 0.3) is 0 Å². The van der Waals surface area contributed by atoms with Gasteiger partial charge in [0.05, 0.1) is 12.4 Å². The topological polar surface area (TPSA) is 64.7 Å². The molecule has 18 heavy (non-hydrogen) atoms. The number of rotatable bonds is 1. The highest BCUT2D eigenvalue weighted by Gasteiger charge is 2.31. The Balaban J connectivity index is 2.13. The van der Waals surface area contributed by atoms with Gasteiger partial charge in [0.15, 0.2) is 0 Å². The summed E-state index contributed by atoms with van der Waals surface area (Å²) in [5, 5.41) is 11.3. The van der Waals surface area contributed by atoms with E-state index in [1.54, 1.807) is 4.68 Å². The van der Waals surface area contributed by atoms with Crippen molar-refractivity contribution >= 4 is 11.7 Å². The number of carbonyl (C=O) groups excluding carboxylic acids is 1. The Morgan fingerprint density at radius 2 is 1.89 bits per heavy atom. The van der Waals surface area contributed by atoms with Crippen LogP contribution >= 0.6 is 0 Å². The average Bonchev–Trinajstić information content (AvgIpc) is 2.85. The van der Waals surface area contributed by atoms with Crippen molar-refractivity contribution in [2.75, 3.05) is 5.32 Å². The summed E-state index contributed by atoms with van der Waals surface area (Å²) >= 11 is 0. The van der Waals surface area contributed by atoms with E-state index in [0.29, 0.717) is 6.42 Å². The molecular weight excluding hydrogens is 230 g/mol. The van der Waals surface area contributed by atoms with Crippen LogP contribution in [0.3, 0.4) is 0 Å². The van der Waals surface area contributed by atoms with Crippen molar-refractivity contribution in [1.29, 1.82) is 0 Å². The molecule has 94 valence electrons. The third-order valence-corrected chi connectivity index (χ3v) is 3.64. The molecule has 0 spiro atoms. The van der Waals surface area contributed by atoms with E-state index in [-0.39, 0.29) is 11.8 Å². The highest BCUT2D eigenvalue weighted by molar-refractivity contribution is 5.94. The Morgan fingerprint density at radius 1 is 1.22 bits per heavy atom. The molecule has 6 nitrogen and oxygen atoms in total. The van der Waals surface area contributed by atoms with Crippen LogP contribution < -0.4 is 5.32 Å². The first-order valence-corrected chi connectivity index (χ1v) is 5.88. The first-order chi connectivity index (χ1) is 8.58. The Hall–Kier alpha value is -2.11. The second-order valence-electron chi connectivity index (χ2n) is 4.69. The van der Waals surface area contributed by atoms with Crippen LogP contribution in [0.2, 0.25) is 0 Å². The van der Waals surface area contributed by atoms with Gasteiger partial charge in [-0.2, -0.15) is 10.2 Å². The molecule has 0 unspecified atom stereocenters. The van der Waals surface area contributed by atoms with Crippen LogP contribution in [0.4, 0.5) is 5.82 Å². The maximum atomic E-state index is 11.8. The van der Waals surface area contributed by atoms with Gasteiger partial charge in [-0.1, -0.05) is 0 Å². The second kappa shape index (κ2) is 3.69. The van der Waals surface area contributed by atoms with Crippen molar-refractivity contribution in [2.24, 2.45) is 14.1 Å². The number of hydrogen-bond acceptors (Lipinski definition) is 3. The van der Waals surface area contributed by atoms with Crippen molar-refractivity contribution in [3.8, 4) is 0 Å². The van der Waals surface area contributed by atoms with Gasteiger partial charge in [-0.05, 0) is 6.92 Å². The smallest absolute Gasteiger partial charge is 0.226 e. The summed E-state index contributed by atoms with van der Waals surface area (Å²) in [4.78, 5) is 11.8. The van der Waals surface area contributed by atoms with Crippen molar-refractivity contribution in [3.05, 3.63) is 29.2 Å². The number of nitrogens with one attached hydrogen (secondary N) is 1. The van der Waals surface area contributed by atoms with E-state index in [1.807, 2.05) is 38.1 Å². The minimum atomic E-state index is 0.0272. The number of fused-ring (bicyclic) bond motifs is 1. The maximum Gasteiger partial charge on any atom is 0.226 e. The third-order valence-electron chi connectivity index (χ3n) is 3.64. The molecule has 6 heteroatoms. The molecule has 2 aromatic rings. The molecule has 0 fully saturated rings. The van der Waals surface area contributed by atoms with Gasteiger partial charge in [0.1, 0.15) is 5.82 Å².